The van der Waals surface area contributed by atoms with Crippen LogP contribution in [0.5, 0.6) is 0 Å². The molecule has 15 heavy (non-hydrogen) atoms. The zero-order valence-corrected chi connectivity index (χ0v) is 9.64. The molecule has 0 aliphatic rings. The van der Waals surface area contributed by atoms with Crippen LogP contribution >= 0.6 is 23.2 Å². The summed E-state index contributed by atoms with van der Waals surface area (Å²) in [5, 5.41) is 12.6. The van der Waals surface area contributed by atoms with E-state index in [0.29, 0.717) is 10.0 Å². The van der Waals surface area contributed by atoms with Crippen LogP contribution in [0.25, 0.3) is 0 Å². The molecule has 1 aromatic carbocycles. The van der Waals surface area contributed by atoms with Crippen molar-refractivity contribution in [3.05, 3.63) is 28.2 Å². The number of hydrogen-bond acceptors (Lipinski definition) is 2. The summed E-state index contributed by atoms with van der Waals surface area (Å²) in [6.07, 6.45) is 0.0458. The van der Waals surface area contributed by atoms with Gasteiger partial charge < -0.3 is 10.4 Å². The summed E-state index contributed by atoms with van der Waals surface area (Å²) < 4.78 is 0. The number of carboxylic acid groups (broad SMARTS) is 1. The number of hydrogen-bond donors (Lipinski definition) is 2. The van der Waals surface area contributed by atoms with Gasteiger partial charge in [-0.15, -0.1) is 0 Å². The first-order chi connectivity index (χ1) is 6.97. The van der Waals surface area contributed by atoms with Crippen molar-refractivity contribution >= 4 is 34.9 Å². The van der Waals surface area contributed by atoms with E-state index in [2.05, 4.69) is 5.32 Å². The zero-order valence-electron chi connectivity index (χ0n) is 8.13. The first kappa shape index (κ1) is 12.1. The van der Waals surface area contributed by atoms with E-state index in [4.69, 9.17) is 28.3 Å². The average Bonchev–Trinajstić information content (AvgIpc) is 1.98. The van der Waals surface area contributed by atoms with Crippen molar-refractivity contribution < 1.29 is 9.90 Å². The van der Waals surface area contributed by atoms with E-state index >= 15 is 0 Å². The molecular weight excluding hydrogens is 237 g/mol. The molecule has 1 atom stereocenters. The van der Waals surface area contributed by atoms with E-state index < -0.39 is 5.97 Å². The molecule has 0 amide bonds. The van der Waals surface area contributed by atoms with Gasteiger partial charge in [0, 0.05) is 21.8 Å². The SMILES string of the molecule is CC(CC(=O)O)Nc1cc(Cl)cc(Cl)c1. The number of nitrogens with one attached hydrogen (secondary N) is 1. The number of halogens is 2. The molecule has 0 fully saturated rings. The third-order valence-electron chi connectivity index (χ3n) is 1.76. The fourth-order valence-corrected chi connectivity index (χ4v) is 1.76. The summed E-state index contributed by atoms with van der Waals surface area (Å²) in [6, 6.07) is 4.85. The molecule has 82 valence electrons. The lowest BCUT2D eigenvalue weighted by molar-refractivity contribution is -0.137. The van der Waals surface area contributed by atoms with E-state index in [1.807, 2.05) is 0 Å². The van der Waals surface area contributed by atoms with Gasteiger partial charge in [0.05, 0.1) is 6.42 Å². The smallest absolute Gasteiger partial charge is 0.305 e. The van der Waals surface area contributed by atoms with Gasteiger partial charge in [0.1, 0.15) is 0 Å². The maximum atomic E-state index is 10.4. The first-order valence-corrected chi connectivity index (χ1v) is 5.17. The summed E-state index contributed by atoms with van der Waals surface area (Å²) >= 11 is 11.6. The van der Waals surface area contributed by atoms with Crippen molar-refractivity contribution in [2.75, 3.05) is 5.32 Å². The van der Waals surface area contributed by atoms with Crippen molar-refractivity contribution in [1.82, 2.24) is 0 Å². The molecule has 0 spiro atoms. The topological polar surface area (TPSA) is 49.3 Å². The highest BCUT2D eigenvalue weighted by Gasteiger charge is 2.07. The number of carboxylic acids is 1. The molecule has 0 saturated heterocycles. The predicted molar refractivity (Wildman–Crippen MR) is 61.8 cm³/mol. The monoisotopic (exact) mass is 247 g/mol. The van der Waals surface area contributed by atoms with E-state index in [1.165, 1.54) is 0 Å². The summed E-state index contributed by atoms with van der Waals surface area (Å²) in [5.74, 6) is -0.844. The third kappa shape index (κ3) is 4.40. The van der Waals surface area contributed by atoms with Gasteiger partial charge in [-0.25, -0.2) is 0 Å². The van der Waals surface area contributed by atoms with Gasteiger partial charge >= 0.3 is 5.97 Å². The minimum Gasteiger partial charge on any atom is -0.481 e. The number of carbonyl (C=O) groups is 1. The Morgan fingerprint density at radius 1 is 1.40 bits per heavy atom. The molecule has 1 aromatic rings. The molecule has 0 heterocycles. The fraction of sp³-hybridized carbons (Fsp3) is 0.300. The van der Waals surface area contributed by atoms with E-state index in [1.54, 1.807) is 25.1 Å². The highest BCUT2D eigenvalue weighted by Crippen LogP contribution is 2.23. The van der Waals surface area contributed by atoms with Crippen molar-refractivity contribution in [3.8, 4) is 0 Å². The van der Waals surface area contributed by atoms with Crippen LogP contribution in [0.3, 0.4) is 0 Å². The highest BCUT2D eigenvalue weighted by atomic mass is 35.5. The molecule has 1 unspecified atom stereocenters. The van der Waals surface area contributed by atoms with E-state index in [-0.39, 0.29) is 12.5 Å². The maximum absolute atomic E-state index is 10.4. The molecule has 0 aliphatic carbocycles. The Kier molecular flexibility index (Phi) is 4.24. The van der Waals surface area contributed by atoms with Gasteiger partial charge in [-0.2, -0.15) is 0 Å². The highest BCUT2D eigenvalue weighted by molar-refractivity contribution is 6.35. The molecule has 1 rings (SSSR count). The Morgan fingerprint density at radius 3 is 2.40 bits per heavy atom. The molecule has 0 bridgehead atoms. The van der Waals surface area contributed by atoms with Gasteiger partial charge in [-0.3, -0.25) is 4.79 Å². The lowest BCUT2D eigenvalue weighted by Gasteiger charge is -2.13. The minimum atomic E-state index is -0.844. The van der Waals surface area contributed by atoms with Gasteiger partial charge in [0.15, 0.2) is 0 Å². The number of benzene rings is 1. The first-order valence-electron chi connectivity index (χ1n) is 4.42. The second kappa shape index (κ2) is 5.24. The van der Waals surface area contributed by atoms with Gasteiger partial charge in [0.25, 0.3) is 0 Å². The van der Waals surface area contributed by atoms with Crippen LogP contribution in [0, 0.1) is 0 Å². The Hall–Kier alpha value is -0.930. The van der Waals surface area contributed by atoms with Crippen LogP contribution in [-0.4, -0.2) is 17.1 Å². The van der Waals surface area contributed by atoms with Crippen LogP contribution in [0.1, 0.15) is 13.3 Å². The van der Waals surface area contributed by atoms with Crippen LogP contribution in [0.15, 0.2) is 18.2 Å². The molecule has 0 aliphatic heterocycles. The molecule has 5 heteroatoms. The Balaban J connectivity index is 2.67. The molecule has 0 saturated carbocycles. The average molecular weight is 248 g/mol. The van der Waals surface area contributed by atoms with Gasteiger partial charge in [-0.1, -0.05) is 23.2 Å². The lowest BCUT2D eigenvalue weighted by Crippen LogP contribution is -2.19. The van der Waals surface area contributed by atoms with Crippen molar-refractivity contribution in [1.29, 1.82) is 0 Å². The van der Waals surface area contributed by atoms with E-state index in [9.17, 15) is 4.79 Å². The van der Waals surface area contributed by atoms with Gasteiger partial charge in [-0.05, 0) is 25.1 Å². The number of aliphatic carboxylic acids is 1. The molecular formula is C10H11Cl2NO2. The molecule has 0 radical (unpaired) electrons. The standard InChI is InChI=1S/C10H11Cl2NO2/c1-6(2-10(14)15)13-9-4-7(11)3-8(12)5-9/h3-6,13H,2H2,1H3,(H,14,15). The second-order valence-electron chi connectivity index (χ2n) is 3.30. The van der Waals surface area contributed by atoms with Crippen LogP contribution in [0.2, 0.25) is 10.0 Å². The van der Waals surface area contributed by atoms with Crippen molar-refractivity contribution in [2.24, 2.45) is 0 Å². The minimum absolute atomic E-state index is 0.0458. The number of anilines is 1. The fourth-order valence-electron chi connectivity index (χ4n) is 1.23. The largest absolute Gasteiger partial charge is 0.481 e. The normalized spacial score (nSPS) is 12.2. The lowest BCUT2D eigenvalue weighted by atomic mass is 10.2. The zero-order chi connectivity index (χ0) is 11.4. The summed E-state index contributed by atoms with van der Waals surface area (Å²) in [5.41, 5.74) is 0.723. The molecule has 3 nitrogen and oxygen atoms in total. The van der Waals surface area contributed by atoms with Crippen LogP contribution in [-0.2, 0) is 4.79 Å². The Bertz CT molecular complexity index is 348. The molecule has 0 aromatic heterocycles. The van der Waals surface area contributed by atoms with Crippen molar-refractivity contribution in [3.63, 3.8) is 0 Å². The van der Waals surface area contributed by atoms with Crippen LogP contribution < -0.4 is 5.32 Å². The van der Waals surface area contributed by atoms with Crippen LogP contribution in [0.4, 0.5) is 5.69 Å². The predicted octanol–water partition coefficient (Wildman–Crippen LogP) is 3.27. The summed E-state index contributed by atoms with van der Waals surface area (Å²) in [7, 11) is 0. The summed E-state index contributed by atoms with van der Waals surface area (Å²) in [4.78, 5) is 10.4. The molecule has 2 N–H and O–H groups in total. The van der Waals surface area contributed by atoms with Crippen molar-refractivity contribution in [2.45, 2.75) is 19.4 Å². The third-order valence-corrected chi connectivity index (χ3v) is 2.19. The quantitative estimate of drug-likeness (QED) is 0.859. The number of rotatable bonds is 4. The summed E-state index contributed by atoms with van der Waals surface area (Å²) in [6.45, 7) is 1.78. The second-order valence-corrected chi connectivity index (χ2v) is 4.17. The maximum Gasteiger partial charge on any atom is 0.305 e. The van der Waals surface area contributed by atoms with Gasteiger partial charge in [0.2, 0.25) is 0 Å². The Morgan fingerprint density at radius 2 is 1.93 bits per heavy atom. The van der Waals surface area contributed by atoms with E-state index in [0.717, 1.165) is 5.69 Å². The Labute approximate surface area is 98.0 Å².